The number of hydrogen-bond donors (Lipinski definition) is 2. The smallest absolute Gasteiger partial charge is 0.0642 e. The summed E-state index contributed by atoms with van der Waals surface area (Å²) in [5.41, 5.74) is 0. The van der Waals surface area contributed by atoms with E-state index in [4.69, 9.17) is 5.11 Å². The summed E-state index contributed by atoms with van der Waals surface area (Å²) in [5, 5.41) is 28.8. The molecule has 4 nitrogen and oxygen atoms in total. The normalized spacial score (nSPS) is 14.9. The van der Waals surface area contributed by atoms with Crippen LogP contribution in [0.5, 0.6) is 0 Å². The van der Waals surface area contributed by atoms with Gasteiger partial charge >= 0.3 is 0 Å². The van der Waals surface area contributed by atoms with Crippen LogP contribution in [0.4, 0.5) is 0 Å². The predicted molar refractivity (Wildman–Crippen MR) is 55.0 cm³/mol. The molecule has 0 aliphatic heterocycles. The van der Waals surface area contributed by atoms with E-state index in [0.29, 0.717) is 6.42 Å². The Morgan fingerprint density at radius 1 is 1.27 bits per heavy atom. The van der Waals surface area contributed by atoms with E-state index < -0.39 is 18.0 Å². The fourth-order valence-electron chi connectivity index (χ4n) is 1.59. The number of hydrogen-bond acceptors (Lipinski definition) is 4. The second-order valence-electron chi connectivity index (χ2n) is 3.85. The van der Waals surface area contributed by atoms with E-state index >= 15 is 0 Å². The second-order valence-corrected chi connectivity index (χ2v) is 3.85. The molecule has 0 bridgehead atoms. The summed E-state index contributed by atoms with van der Waals surface area (Å²) in [5.74, 6) is -2.05. The van der Waals surface area contributed by atoms with Crippen molar-refractivity contribution in [3.8, 4) is 0 Å². The summed E-state index contributed by atoms with van der Waals surface area (Å²) in [7, 11) is 0. The van der Waals surface area contributed by atoms with E-state index in [-0.39, 0.29) is 13.0 Å². The zero-order valence-corrected chi connectivity index (χ0v) is 9.32. The fourth-order valence-corrected chi connectivity index (χ4v) is 1.59. The molecule has 0 saturated heterocycles. The lowest BCUT2D eigenvalue weighted by atomic mass is 9.93. The zero-order valence-electron chi connectivity index (χ0n) is 9.32. The summed E-state index contributed by atoms with van der Waals surface area (Å²) in [6.45, 7) is 1.89. The van der Waals surface area contributed by atoms with Gasteiger partial charge in [-0.25, -0.2) is 0 Å². The first-order valence-corrected chi connectivity index (χ1v) is 5.63. The average Bonchev–Trinajstić information content (AvgIpc) is 2.17. The molecule has 0 heterocycles. The summed E-state index contributed by atoms with van der Waals surface area (Å²) in [4.78, 5) is 10.7. The van der Waals surface area contributed by atoms with Gasteiger partial charge < -0.3 is 20.1 Å². The summed E-state index contributed by atoms with van der Waals surface area (Å²) >= 11 is 0. The standard InChI is InChI=1S/C11H22O4/c1-2-3-4-5-6-9(11(14)15)10(13)7-8-12/h9-10,12-13H,2-8H2,1H3,(H,14,15)/p-1. The van der Waals surface area contributed by atoms with Crippen LogP contribution in [0.1, 0.15) is 45.4 Å². The van der Waals surface area contributed by atoms with Crippen LogP contribution in [0.3, 0.4) is 0 Å². The third kappa shape index (κ3) is 6.47. The molecule has 0 saturated carbocycles. The monoisotopic (exact) mass is 217 g/mol. The van der Waals surface area contributed by atoms with Crippen molar-refractivity contribution in [2.24, 2.45) is 5.92 Å². The van der Waals surface area contributed by atoms with Crippen molar-refractivity contribution in [2.75, 3.05) is 6.61 Å². The van der Waals surface area contributed by atoms with Crippen LogP contribution in [0.25, 0.3) is 0 Å². The van der Waals surface area contributed by atoms with Gasteiger partial charge in [0.2, 0.25) is 0 Å². The van der Waals surface area contributed by atoms with Crippen molar-refractivity contribution >= 4 is 5.97 Å². The highest BCUT2D eigenvalue weighted by Crippen LogP contribution is 2.16. The van der Waals surface area contributed by atoms with Gasteiger partial charge in [-0.3, -0.25) is 0 Å². The van der Waals surface area contributed by atoms with Crippen molar-refractivity contribution in [1.82, 2.24) is 0 Å². The molecule has 0 fully saturated rings. The fraction of sp³-hybridized carbons (Fsp3) is 0.909. The highest BCUT2D eigenvalue weighted by molar-refractivity contribution is 5.68. The molecule has 0 aromatic heterocycles. The van der Waals surface area contributed by atoms with Crippen LogP contribution in [0.2, 0.25) is 0 Å². The van der Waals surface area contributed by atoms with Crippen molar-refractivity contribution in [1.29, 1.82) is 0 Å². The molecule has 2 atom stereocenters. The van der Waals surface area contributed by atoms with Gasteiger partial charge in [-0.15, -0.1) is 0 Å². The number of carboxylic acids is 1. The van der Waals surface area contributed by atoms with Crippen LogP contribution < -0.4 is 5.11 Å². The number of aliphatic hydroxyl groups excluding tert-OH is 2. The largest absolute Gasteiger partial charge is 0.550 e. The molecule has 0 rings (SSSR count). The Hall–Kier alpha value is -0.610. The second kappa shape index (κ2) is 8.68. The average molecular weight is 217 g/mol. The van der Waals surface area contributed by atoms with Gasteiger partial charge in [0.15, 0.2) is 0 Å². The molecule has 90 valence electrons. The topological polar surface area (TPSA) is 80.6 Å². The van der Waals surface area contributed by atoms with Crippen molar-refractivity contribution in [3.05, 3.63) is 0 Å². The molecule has 0 aliphatic rings. The zero-order chi connectivity index (χ0) is 11.7. The highest BCUT2D eigenvalue weighted by Gasteiger charge is 2.19. The quantitative estimate of drug-likeness (QED) is 0.535. The Balaban J connectivity index is 3.88. The molecular weight excluding hydrogens is 196 g/mol. The number of unbranched alkanes of at least 4 members (excludes halogenated alkanes) is 3. The first kappa shape index (κ1) is 14.4. The van der Waals surface area contributed by atoms with Gasteiger partial charge in [0.05, 0.1) is 6.10 Å². The highest BCUT2D eigenvalue weighted by atomic mass is 16.4. The van der Waals surface area contributed by atoms with E-state index in [2.05, 4.69) is 6.92 Å². The molecule has 2 unspecified atom stereocenters. The SMILES string of the molecule is CCCCCCC(C(=O)[O-])C(O)CCO. The minimum Gasteiger partial charge on any atom is -0.550 e. The predicted octanol–water partition coefficient (Wildman–Crippen LogP) is 0.0662. The molecule has 0 aromatic carbocycles. The van der Waals surface area contributed by atoms with E-state index in [1.165, 1.54) is 0 Å². The van der Waals surface area contributed by atoms with Gasteiger partial charge in [0.1, 0.15) is 0 Å². The van der Waals surface area contributed by atoms with E-state index in [1.54, 1.807) is 0 Å². The molecule has 4 heteroatoms. The minimum absolute atomic E-state index is 0.104. The van der Waals surface area contributed by atoms with Gasteiger partial charge in [-0.1, -0.05) is 32.6 Å². The minimum atomic E-state index is -1.22. The first-order valence-electron chi connectivity index (χ1n) is 5.63. The molecule has 0 spiro atoms. The Morgan fingerprint density at radius 3 is 2.40 bits per heavy atom. The Bertz CT molecular complexity index is 170. The lowest BCUT2D eigenvalue weighted by Gasteiger charge is -2.23. The number of carbonyl (C=O) groups excluding carboxylic acids is 1. The third-order valence-electron chi connectivity index (χ3n) is 2.56. The lowest BCUT2D eigenvalue weighted by molar-refractivity contribution is -0.314. The molecule has 0 aliphatic carbocycles. The van der Waals surface area contributed by atoms with Gasteiger partial charge in [-0.05, 0) is 12.8 Å². The lowest BCUT2D eigenvalue weighted by Crippen LogP contribution is -2.39. The van der Waals surface area contributed by atoms with E-state index in [1.807, 2.05) is 0 Å². The molecule has 2 N–H and O–H groups in total. The third-order valence-corrected chi connectivity index (χ3v) is 2.56. The Kier molecular flexibility index (Phi) is 8.33. The van der Waals surface area contributed by atoms with Crippen LogP contribution in [-0.2, 0) is 4.79 Å². The van der Waals surface area contributed by atoms with Crippen molar-refractivity contribution < 1.29 is 20.1 Å². The number of carboxylic acid groups (broad SMARTS) is 1. The van der Waals surface area contributed by atoms with Gasteiger partial charge in [-0.2, -0.15) is 0 Å². The summed E-state index contributed by atoms with van der Waals surface area (Å²) in [6.07, 6.45) is 3.49. The van der Waals surface area contributed by atoms with Crippen LogP contribution >= 0.6 is 0 Å². The maximum absolute atomic E-state index is 10.7. The van der Waals surface area contributed by atoms with Crippen molar-refractivity contribution in [3.63, 3.8) is 0 Å². The number of aliphatic hydroxyl groups is 2. The molecule has 0 amide bonds. The number of rotatable bonds is 9. The summed E-state index contributed by atoms with van der Waals surface area (Å²) < 4.78 is 0. The van der Waals surface area contributed by atoms with Crippen LogP contribution in [0, 0.1) is 5.92 Å². The maximum Gasteiger partial charge on any atom is 0.0642 e. The number of aliphatic carboxylic acids is 1. The Morgan fingerprint density at radius 2 is 1.93 bits per heavy atom. The van der Waals surface area contributed by atoms with Gasteiger partial charge in [0.25, 0.3) is 0 Å². The molecule has 15 heavy (non-hydrogen) atoms. The van der Waals surface area contributed by atoms with Crippen LogP contribution in [-0.4, -0.2) is 28.9 Å². The maximum atomic E-state index is 10.7. The van der Waals surface area contributed by atoms with Crippen molar-refractivity contribution in [2.45, 2.75) is 51.6 Å². The molecular formula is C11H21O4-. The van der Waals surface area contributed by atoms with E-state index in [0.717, 1.165) is 25.7 Å². The number of carbonyl (C=O) groups is 1. The van der Waals surface area contributed by atoms with E-state index in [9.17, 15) is 15.0 Å². The Labute approximate surface area is 90.9 Å². The first-order chi connectivity index (χ1) is 7.13. The molecule has 0 radical (unpaired) electrons. The van der Waals surface area contributed by atoms with Crippen LogP contribution in [0.15, 0.2) is 0 Å². The van der Waals surface area contributed by atoms with Gasteiger partial charge in [0, 0.05) is 18.5 Å². The summed E-state index contributed by atoms with van der Waals surface area (Å²) in [6, 6.07) is 0. The molecule has 0 aromatic rings.